The molecule has 14 heteroatoms. The summed E-state index contributed by atoms with van der Waals surface area (Å²) in [5.74, 6) is -7.49. The first-order chi connectivity index (χ1) is 19.0. The summed E-state index contributed by atoms with van der Waals surface area (Å²) in [4.78, 5) is 77.0. The number of methoxy groups -OCH3 is 2. The highest BCUT2D eigenvalue weighted by Crippen LogP contribution is 2.24. The maximum Gasteiger partial charge on any atom is 0.452 e. The van der Waals surface area contributed by atoms with Crippen molar-refractivity contribution >= 4 is 35.4 Å². The Balaban J connectivity index is 2.31. The van der Waals surface area contributed by atoms with Crippen LogP contribution in [0.5, 0.6) is 0 Å². The summed E-state index contributed by atoms with van der Waals surface area (Å²) in [6.45, 7) is 6.08. The number of rotatable bonds is 10. The molecule has 0 saturated carbocycles. The van der Waals surface area contributed by atoms with E-state index < -0.39 is 71.6 Å². The summed E-state index contributed by atoms with van der Waals surface area (Å²) in [5, 5.41) is 4.72. The Morgan fingerprint density at radius 3 is 1.76 bits per heavy atom. The number of hydrogen-bond donors (Lipinski definition) is 2. The van der Waals surface area contributed by atoms with Crippen LogP contribution in [0.25, 0.3) is 0 Å². The van der Waals surface area contributed by atoms with Gasteiger partial charge in [-0.2, -0.15) is 13.2 Å². The Morgan fingerprint density at radius 2 is 1.32 bits per heavy atom. The van der Waals surface area contributed by atoms with Crippen LogP contribution in [0.2, 0.25) is 0 Å². The predicted octanol–water partition coefficient (Wildman–Crippen LogP) is 2.28. The first kappa shape index (κ1) is 33.2. The van der Waals surface area contributed by atoms with Crippen LogP contribution in [0.3, 0.4) is 0 Å². The van der Waals surface area contributed by atoms with Gasteiger partial charge in [-0.05, 0) is 42.9 Å². The van der Waals surface area contributed by atoms with E-state index in [0.29, 0.717) is 6.42 Å². The van der Waals surface area contributed by atoms with Gasteiger partial charge in [-0.1, -0.05) is 27.7 Å². The topological polar surface area (TPSA) is 148 Å². The van der Waals surface area contributed by atoms with Gasteiger partial charge in [0.1, 0.15) is 12.1 Å². The number of hydrogen-bond acceptors (Lipinski definition) is 8. The number of esters is 2. The molecule has 2 N–H and O–H groups in total. The van der Waals surface area contributed by atoms with Gasteiger partial charge in [-0.15, -0.1) is 0 Å². The second-order valence-electron chi connectivity index (χ2n) is 10.3. The van der Waals surface area contributed by atoms with E-state index in [9.17, 15) is 41.9 Å². The van der Waals surface area contributed by atoms with Crippen LogP contribution in [0.1, 0.15) is 71.6 Å². The van der Waals surface area contributed by atoms with Crippen molar-refractivity contribution in [3.63, 3.8) is 0 Å². The molecule has 1 heterocycles. The monoisotopic (exact) mass is 585 g/mol. The Kier molecular flexibility index (Phi) is 11.0. The largest absolute Gasteiger partial charge is 0.465 e. The number of amides is 3. The van der Waals surface area contributed by atoms with Crippen LogP contribution in [0.15, 0.2) is 18.2 Å². The minimum atomic E-state index is -5.15. The lowest BCUT2D eigenvalue weighted by Crippen LogP contribution is -2.58. The lowest BCUT2D eigenvalue weighted by Gasteiger charge is -2.32. The van der Waals surface area contributed by atoms with Crippen LogP contribution in [-0.4, -0.2) is 85.4 Å². The van der Waals surface area contributed by atoms with E-state index in [1.807, 2.05) is 0 Å². The van der Waals surface area contributed by atoms with Crippen molar-refractivity contribution < 1.29 is 51.4 Å². The van der Waals surface area contributed by atoms with Crippen LogP contribution in [0.4, 0.5) is 13.2 Å². The lowest BCUT2D eigenvalue weighted by atomic mass is 9.98. The first-order valence-electron chi connectivity index (χ1n) is 12.9. The Labute approximate surface area is 235 Å². The van der Waals surface area contributed by atoms with Crippen LogP contribution >= 0.6 is 0 Å². The molecule has 11 nitrogen and oxygen atoms in total. The molecule has 1 unspecified atom stereocenters. The second-order valence-corrected chi connectivity index (χ2v) is 10.3. The molecule has 0 aliphatic carbocycles. The SMILES string of the molecule is COC(=O)c1cc(C(=O)N[C@H](C(=O)N2CCC[C@H]2C(=O)NC(C(=O)C(F)(F)F)C(C)C)C(C)C)cc(C(=O)OC)c1. The number of likely N-dealkylation sites (tertiary alicyclic amines) is 1. The molecular weight excluding hydrogens is 551 g/mol. The number of carbonyl (C=O) groups excluding carboxylic acids is 6. The molecule has 1 aromatic carbocycles. The maximum atomic E-state index is 13.6. The van der Waals surface area contributed by atoms with Crippen LogP contribution in [0, 0.1) is 11.8 Å². The average Bonchev–Trinajstić information content (AvgIpc) is 3.41. The number of nitrogens with zero attached hydrogens (tertiary/aromatic N) is 1. The maximum absolute atomic E-state index is 13.6. The third-order valence-corrected chi connectivity index (χ3v) is 6.62. The molecule has 41 heavy (non-hydrogen) atoms. The Hall–Kier alpha value is -3.97. The van der Waals surface area contributed by atoms with Crippen LogP contribution < -0.4 is 10.6 Å². The van der Waals surface area contributed by atoms with Gasteiger partial charge in [-0.25, -0.2) is 9.59 Å². The molecule has 0 bridgehead atoms. The first-order valence-corrected chi connectivity index (χ1v) is 12.9. The van der Waals surface area contributed by atoms with Crippen molar-refractivity contribution in [2.24, 2.45) is 11.8 Å². The van der Waals surface area contributed by atoms with E-state index in [1.165, 1.54) is 36.9 Å². The number of Topliss-reactive ketones (excluding diaryl/α,β-unsaturated/α-hetero) is 1. The van der Waals surface area contributed by atoms with Crippen molar-refractivity contribution in [3.8, 4) is 0 Å². The molecule has 0 spiro atoms. The van der Waals surface area contributed by atoms with Gasteiger partial charge in [0.15, 0.2) is 0 Å². The van der Waals surface area contributed by atoms with E-state index in [2.05, 4.69) is 20.1 Å². The zero-order chi connectivity index (χ0) is 31.2. The summed E-state index contributed by atoms with van der Waals surface area (Å²) in [6, 6.07) is -0.641. The van der Waals surface area contributed by atoms with Gasteiger partial charge in [0, 0.05) is 12.1 Å². The fourth-order valence-electron chi connectivity index (χ4n) is 4.41. The van der Waals surface area contributed by atoms with Crippen LogP contribution in [-0.2, 0) is 23.9 Å². The molecule has 1 saturated heterocycles. The van der Waals surface area contributed by atoms with Crippen molar-refractivity contribution in [1.82, 2.24) is 15.5 Å². The average molecular weight is 586 g/mol. The number of carbonyl (C=O) groups is 6. The molecule has 3 atom stereocenters. The fourth-order valence-corrected chi connectivity index (χ4v) is 4.41. The van der Waals surface area contributed by atoms with Gasteiger partial charge in [0.05, 0.1) is 31.4 Å². The normalized spacial score (nSPS) is 16.7. The number of halogens is 3. The third-order valence-electron chi connectivity index (χ3n) is 6.62. The molecule has 1 aliphatic rings. The second kappa shape index (κ2) is 13.6. The third kappa shape index (κ3) is 8.04. The number of nitrogens with one attached hydrogen (secondary N) is 2. The fraction of sp³-hybridized carbons (Fsp3) is 0.556. The zero-order valence-electron chi connectivity index (χ0n) is 23.6. The van der Waals surface area contributed by atoms with E-state index in [-0.39, 0.29) is 29.7 Å². The molecule has 226 valence electrons. The van der Waals surface area contributed by atoms with Crippen molar-refractivity contribution in [2.75, 3.05) is 20.8 Å². The summed E-state index contributed by atoms with van der Waals surface area (Å²) in [6.07, 6.45) is -4.64. The van der Waals surface area contributed by atoms with Gasteiger partial charge >= 0.3 is 18.1 Å². The summed E-state index contributed by atoms with van der Waals surface area (Å²) < 4.78 is 48.5. The standard InChI is InChI=1S/C27H34F3N3O8/c1-13(2)19(21(34)27(28,29)30)31-23(36)18-8-7-9-33(18)24(37)20(14(3)4)32-22(35)15-10-16(25(38)40-5)12-17(11-15)26(39)41-6/h10-14,18-20H,7-9H2,1-6H3,(H,31,36)(H,32,35)/t18-,19?,20-/m0/s1. The summed E-state index contributed by atoms with van der Waals surface area (Å²) >= 11 is 0. The molecule has 0 radical (unpaired) electrons. The van der Waals surface area contributed by atoms with E-state index in [0.717, 1.165) is 14.2 Å². The van der Waals surface area contributed by atoms with Gasteiger partial charge in [0.25, 0.3) is 11.7 Å². The molecule has 0 aromatic heterocycles. The summed E-state index contributed by atoms with van der Waals surface area (Å²) in [7, 11) is 2.23. The highest BCUT2D eigenvalue weighted by Gasteiger charge is 2.46. The van der Waals surface area contributed by atoms with E-state index >= 15 is 0 Å². The number of benzene rings is 1. The Morgan fingerprint density at radius 1 is 0.829 bits per heavy atom. The predicted molar refractivity (Wildman–Crippen MR) is 138 cm³/mol. The number of ketones is 1. The zero-order valence-corrected chi connectivity index (χ0v) is 23.6. The van der Waals surface area contributed by atoms with Gasteiger partial charge < -0.3 is 25.0 Å². The molecule has 1 fully saturated rings. The molecule has 1 aliphatic heterocycles. The minimum Gasteiger partial charge on any atom is -0.465 e. The number of ether oxygens (including phenoxy) is 2. The van der Waals surface area contributed by atoms with Crippen molar-refractivity contribution in [3.05, 3.63) is 34.9 Å². The van der Waals surface area contributed by atoms with Gasteiger partial charge in [-0.3, -0.25) is 19.2 Å². The van der Waals surface area contributed by atoms with E-state index in [4.69, 9.17) is 0 Å². The Bertz CT molecular complexity index is 1160. The number of alkyl halides is 3. The smallest absolute Gasteiger partial charge is 0.452 e. The molecule has 2 rings (SSSR count). The molecular formula is C27H34F3N3O8. The lowest BCUT2D eigenvalue weighted by molar-refractivity contribution is -0.175. The van der Waals surface area contributed by atoms with Crippen molar-refractivity contribution in [1.29, 1.82) is 0 Å². The highest BCUT2D eigenvalue weighted by molar-refractivity contribution is 6.03. The minimum absolute atomic E-state index is 0.0971. The van der Waals surface area contributed by atoms with E-state index in [1.54, 1.807) is 13.8 Å². The molecule has 1 aromatic rings. The quantitative estimate of drug-likeness (QED) is 0.398. The van der Waals surface area contributed by atoms with Gasteiger partial charge in [0.2, 0.25) is 11.8 Å². The summed E-state index contributed by atoms with van der Waals surface area (Å²) in [5.41, 5.74) is -0.373. The highest BCUT2D eigenvalue weighted by atomic mass is 19.4. The van der Waals surface area contributed by atoms with Crippen molar-refractivity contribution in [2.45, 2.75) is 64.8 Å². The molecule has 3 amide bonds.